The average Bonchev–Trinajstić information content (AvgIpc) is 3.13. The van der Waals surface area contributed by atoms with Crippen LogP contribution in [0.2, 0.25) is 0 Å². The number of rotatable bonds is 6. The van der Waals surface area contributed by atoms with E-state index in [2.05, 4.69) is 15.4 Å². The minimum Gasteiger partial charge on any atom is -0.489 e. The molecule has 6 heteroatoms. The molecule has 0 aliphatic heterocycles. The van der Waals surface area contributed by atoms with Gasteiger partial charge in [0, 0.05) is 5.56 Å². The van der Waals surface area contributed by atoms with Crippen LogP contribution >= 0.6 is 0 Å². The van der Waals surface area contributed by atoms with Gasteiger partial charge in [-0.15, -0.1) is 10.2 Å². The fourth-order valence-corrected chi connectivity index (χ4v) is 2.31. The molecule has 3 aromatic rings. The van der Waals surface area contributed by atoms with Crippen LogP contribution in [0, 0.1) is 6.92 Å². The summed E-state index contributed by atoms with van der Waals surface area (Å²) in [4.78, 5) is 4.94. The van der Waals surface area contributed by atoms with E-state index in [9.17, 15) is 0 Å². The Labute approximate surface area is 139 Å². The summed E-state index contributed by atoms with van der Waals surface area (Å²) < 4.78 is 11.2. The van der Waals surface area contributed by atoms with Gasteiger partial charge in [0.1, 0.15) is 19.5 Å². The minimum atomic E-state index is 0.292. The number of oxime groups is 1. The molecule has 1 heterocycles. The second-order valence-corrected chi connectivity index (χ2v) is 5.13. The van der Waals surface area contributed by atoms with Crippen LogP contribution in [0.1, 0.15) is 22.6 Å². The average molecular weight is 323 g/mol. The van der Waals surface area contributed by atoms with Gasteiger partial charge in [-0.25, -0.2) is 0 Å². The summed E-state index contributed by atoms with van der Waals surface area (Å²) in [5, 5.41) is 11.6. The third-order valence-corrected chi connectivity index (χ3v) is 3.40. The molecule has 0 saturated heterocycles. The molecule has 0 atom stereocenters. The van der Waals surface area contributed by atoms with Crippen LogP contribution in [0.3, 0.4) is 0 Å². The third-order valence-electron chi connectivity index (χ3n) is 3.40. The highest BCUT2D eigenvalue weighted by Gasteiger charge is 2.17. The molecule has 0 bridgehead atoms. The Morgan fingerprint density at radius 3 is 2.79 bits per heavy atom. The van der Waals surface area contributed by atoms with Crippen LogP contribution in [0.5, 0.6) is 5.75 Å². The predicted molar refractivity (Wildman–Crippen MR) is 88.9 cm³/mol. The lowest BCUT2D eigenvalue weighted by atomic mass is 10.0. The highest BCUT2D eigenvalue weighted by Crippen LogP contribution is 2.19. The van der Waals surface area contributed by atoms with Crippen molar-refractivity contribution in [3.05, 3.63) is 77.5 Å². The maximum Gasteiger partial charge on any atom is 0.270 e. The van der Waals surface area contributed by atoms with Gasteiger partial charge in [0.05, 0.1) is 0 Å². The highest BCUT2D eigenvalue weighted by molar-refractivity contribution is 6.10. The van der Waals surface area contributed by atoms with E-state index in [1.165, 1.54) is 13.5 Å². The van der Waals surface area contributed by atoms with Crippen molar-refractivity contribution in [1.29, 1.82) is 0 Å². The molecule has 0 unspecified atom stereocenters. The van der Waals surface area contributed by atoms with Gasteiger partial charge in [0.25, 0.3) is 5.89 Å². The first-order chi connectivity index (χ1) is 11.8. The molecular formula is C18H17N3O3. The van der Waals surface area contributed by atoms with Crippen LogP contribution in [0.25, 0.3) is 0 Å². The van der Waals surface area contributed by atoms with Gasteiger partial charge in [-0.3, -0.25) is 0 Å². The summed E-state index contributed by atoms with van der Waals surface area (Å²) in [7, 11) is 1.47. The molecule has 0 radical (unpaired) electrons. The topological polar surface area (TPSA) is 69.7 Å². The van der Waals surface area contributed by atoms with Crippen molar-refractivity contribution in [2.45, 2.75) is 13.5 Å². The zero-order chi connectivity index (χ0) is 16.8. The summed E-state index contributed by atoms with van der Waals surface area (Å²) in [6.45, 7) is 2.41. The summed E-state index contributed by atoms with van der Waals surface area (Å²) in [5.41, 5.74) is 3.37. The molecule has 0 fully saturated rings. The molecule has 0 spiro atoms. The Morgan fingerprint density at radius 2 is 2.04 bits per heavy atom. The van der Waals surface area contributed by atoms with Crippen LogP contribution in [-0.4, -0.2) is 23.0 Å². The molecular weight excluding hydrogens is 306 g/mol. The predicted octanol–water partition coefficient (Wildman–Crippen LogP) is 3.36. The second-order valence-electron chi connectivity index (χ2n) is 5.13. The van der Waals surface area contributed by atoms with Crippen LogP contribution < -0.4 is 4.74 Å². The van der Waals surface area contributed by atoms with Gasteiger partial charge in [0.15, 0.2) is 5.71 Å². The Morgan fingerprint density at radius 1 is 1.17 bits per heavy atom. The molecule has 0 saturated carbocycles. The molecule has 0 amide bonds. The summed E-state index contributed by atoms with van der Waals surface area (Å²) in [6, 6.07) is 15.6. The summed E-state index contributed by atoms with van der Waals surface area (Å²) >= 11 is 0. The van der Waals surface area contributed by atoms with E-state index >= 15 is 0 Å². The first-order valence-corrected chi connectivity index (χ1v) is 7.43. The Kier molecular flexibility index (Phi) is 4.86. The van der Waals surface area contributed by atoms with Gasteiger partial charge < -0.3 is 14.0 Å². The molecule has 3 rings (SSSR count). The summed E-state index contributed by atoms with van der Waals surface area (Å²) in [5.74, 6) is 1.10. The van der Waals surface area contributed by atoms with Crippen LogP contribution in [0.15, 0.2) is 64.5 Å². The lowest BCUT2D eigenvalue weighted by molar-refractivity contribution is 0.213. The van der Waals surface area contributed by atoms with Crippen LogP contribution in [0.4, 0.5) is 0 Å². The number of hydrogen-bond acceptors (Lipinski definition) is 6. The third kappa shape index (κ3) is 3.60. The molecule has 0 aliphatic carbocycles. The fraction of sp³-hybridized carbons (Fsp3) is 0.167. The number of nitrogens with zero attached hydrogens (tertiary/aromatic N) is 3. The van der Waals surface area contributed by atoms with Crippen molar-refractivity contribution in [3.63, 3.8) is 0 Å². The molecule has 0 aliphatic rings. The van der Waals surface area contributed by atoms with E-state index < -0.39 is 0 Å². The van der Waals surface area contributed by atoms with E-state index in [4.69, 9.17) is 14.0 Å². The first kappa shape index (κ1) is 15.7. The smallest absolute Gasteiger partial charge is 0.270 e. The quantitative estimate of drug-likeness (QED) is 0.514. The van der Waals surface area contributed by atoms with Crippen molar-refractivity contribution in [2.24, 2.45) is 5.16 Å². The lowest BCUT2D eigenvalue weighted by Crippen LogP contribution is -2.10. The van der Waals surface area contributed by atoms with Crippen molar-refractivity contribution < 1.29 is 14.0 Å². The molecule has 1 aromatic heterocycles. The van der Waals surface area contributed by atoms with Gasteiger partial charge in [0.2, 0.25) is 6.39 Å². The summed E-state index contributed by atoms with van der Waals surface area (Å²) in [6.07, 6.45) is 1.26. The number of benzene rings is 2. The Balaban J connectivity index is 1.88. The van der Waals surface area contributed by atoms with Crippen molar-refractivity contribution in [2.75, 3.05) is 7.11 Å². The number of aromatic nitrogens is 2. The number of hydrogen-bond donors (Lipinski definition) is 0. The second kappa shape index (κ2) is 7.41. The van der Waals surface area contributed by atoms with Crippen molar-refractivity contribution >= 4 is 5.71 Å². The minimum absolute atomic E-state index is 0.292. The monoisotopic (exact) mass is 323 g/mol. The van der Waals surface area contributed by atoms with E-state index in [-0.39, 0.29) is 0 Å². The molecule has 2 aromatic carbocycles. The van der Waals surface area contributed by atoms with Crippen LogP contribution in [-0.2, 0) is 11.4 Å². The van der Waals surface area contributed by atoms with E-state index in [1.54, 1.807) is 0 Å². The Bertz CT molecular complexity index is 829. The lowest BCUT2D eigenvalue weighted by Gasteiger charge is -2.11. The molecule has 0 N–H and O–H groups in total. The van der Waals surface area contributed by atoms with E-state index in [0.717, 1.165) is 22.4 Å². The highest BCUT2D eigenvalue weighted by atomic mass is 16.6. The molecule has 24 heavy (non-hydrogen) atoms. The first-order valence-electron chi connectivity index (χ1n) is 7.43. The van der Waals surface area contributed by atoms with Crippen molar-refractivity contribution in [1.82, 2.24) is 10.2 Å². The zero-order valence-corrected chi connectivity index (χ0v) is 13.5. The van der Waals surface area contributed by atoms with Crippen molar-refractivity contribution in [3.8, 4) is 5.75 Å². The van der Waals surface area contributed by atoms with Gasteiger partial charge in [-0.1, -0.05) is 41.6 Å². The number of ether oxygens (including phenoxy) is 1. The van der Waals surface area contributed by atoms with Gasteiger partial charge in [-0.2, -0.15) is 0 Å². The maximum absolute atomic E-state index is 5.90. The normalized spacial score (nSPS) is 11.3. The SMILES string of the molecule is CO/N=C(/c1nnco1)c1ccccc1COc1cccc(C)c1. The number of aryl methyl sites for hydroxylation is 1. The maximum atomic E-state index is 5.90. The largest absolute Gasteiger partial charge is 0.489 e. The zero-order valence-electron chi connectivity index (χ0n) is 13.5. The van der Waals surface area contributed by atoms with Gasteiger partial charge in [-0.05, 0) is 30.2 Å². The standard InChI is InChI=1S/C18H17N3O3/c1-13-6-5-8-15(10-13)23-11-14-7-3-4-9-16(14)17(21-22-2)18-20-19-12-24-18/h3-10,12H,11H2,1-2H3/b21-17+. The molecule has 122 valence electrons. The molecule has 6 nitrogen and oxygen atoms in total. The van der Waals surface area contributed by atoms with E-state index in [1.807, 2.05) is 55.5 Å². The fourth-order valence-electron chi connectivity index (χ4n) is 2.31. The Hall–Kier alpha value is -3.15. The van der Waals surface area contributed by atoms with Gasteiger partial charge >= 0.3 is 0 Å². The van der Waals surface area contributed by atoms with E-state index in [0.29, 0.717) is 18.2 Å².